The summed E-state index contributed by atoms with van der Waals surface area (Å²) in [6.45, 7) is -3.60. The summed E-state index contributed by atoms with van der Waals surface area (Å²) in [5, 5.41) is 8.73. The van der Waals surface area contributed by atoms with Crippen molar-refractivity contribution < 1.29 is 36.2 Å². The summed E-state index contributed by atoms with van der Waals surface area (Å²) in [4.78, 5) is 11.4. The SMILES string of the molecule is COC(=O)c1c(C#N)ccc(C(F)(F)F)c1OC(F)F. The smallest absolute Gasteiger partial charge is 0.419 e. The minimum atomic E-state index is -5.04. The molecule has 0 N–H and O–H groups in total. The first-order valence-corrected chi connectivity index (χ1v) is 4.89. The Hall–Kier alpha value is -2.37. The number of esters is 1. The van der Waals surface area contributed by atoms with E-state index in [4.69, 9.17) is 5.26 Å². The second-order valence-corrected chi connectivity index (χ2v) is 3.34. The summed E-state index contributed by atoms with van der Waals surface area (Å²) in [6.07, 6.45) is -5.04. The molecule has 4 nitrogen and oxygen atoms in total. The Morgan fingerprint density at radius 3 is 2.35 bits per heavy atom. The quantitative estimate of drug-likeness (QED) is 0.635. The number of methoxy groups -OCH3 is 1. The molecule has 0 aromatic heterocycles. The summed E-state index contributed by atoms with van der Waals surface area (Å²) in [5.74, 6) is -2.82. The molecule has 0 radical (unpaired) electrons. The summed E-state index contributed by atoms with van der Waals surface area (Å²) >= 11 is 0. The second-order valence-electron chi connectivity index (χ2n) is 3.34. The van der Waals surface area contributed by atoms with Crippen LogP contribution in [0, 0.1) is 11.3 Å². The molecular formula is C11H6F5NO3. The number of rotatable bonds is 3. The molecule has 0 bridgehead atoms. The molecular weight excluding hydrogens is 289 g/mol. The van der Waals surface area contributed by atoms with Crippen molar-refractivity contribution >= 4 is 5.97 Å². The van der Waals surface area contributed by atoms with Crippen LogP contribution in [0.4, 0.5) is 22.0 Å². The van der Waals surface area contributed by atoms with Gasteiger partial charge in [0, 0.05) is 0 Å². The zero-order chi connectivity index (χ0) is 15.5. The number of hydrogen-bond acceptors (Lipinski definition) is 4. The van der Waals surface area contributed by atoms with E-state index in [9.17, 15) is 26.7 Å². The van der Waals surface area contributed by atoms with Crippen LogP contribution in [0.1, 0.15) is 21.5 Å². The molecule has 0 amide bonds. The molecule has 108 valence electrons. The number of nitriles is 1. The van der Waals surface area contributed by atoms with Gasteiger partial charge in [-0.1, -0.05) is 0 Å². The molecule has 0 aliphatic carbocycles. The van der Waals surface area contributed by atoms with Gasteiger partial charge in [0.25, 0.3) is 0 Å². The van der Waals surface area contributed by atoms with Crippen molar-refractivity contribution in [1.82, 2.24) is 0 Å². The van der Waals surface area contributed by atoms with Crippen LogP contribution in [0.25, 0.3) is 0 Å². The van der Waals surface area contributed by atoms with E-state index in [1.807, 2.05) is 0 Å². The molecule has 0 unspecified atom stereocenters. The van der Waals surface area contributed by atoms with Gasteiger partial charge in [-0.2, -0.15) is 27.2 Å². The molecule has 1 aromatic carbocycles. The average molecular weight is 295 g/mol. The van der Waals surface area contributed by atoms with Gasteiger partial charge < -0.3 is 9.47 Å². The lowest BCUT2D eigenvalue weighted by Gasteiger charge is -2.16. The normalized spacial score (nSPS) is 11.1. The van der Waals surface area contributed by atoms with Crippen molar-refractivity contribution in [3.8, 4) is 11.8 Å². The van der Waals surface area contributed by atoms with Gasteiger partial charge in [-0.3, -0.25) is 0 Å². The zero-order valence-electron chi connectivity index (χ0n) is 9.79. The van der Waals surface area contributed by atoms with Crippen molar-refractivity contribution in [1.29, 1.82) is 5.26 Å². The van der Waals surface area contributed by atoms with E-state index < -0.39 is 41.2 Å². The van der Waals surface area contributed by atoms with E-state index in [2.05, 4.69) is 9.47 Å². The largest absolute Gasteiger partial charge is 0.465 e. The van der Waals surface area contributed by atoms with Crippen LogP contribution in [0.5, 0.6) is 5.75 Å². The first-order chi connectivity index (χ1) is 9.22. The highest BCUT2D eigenvalue weighted by Gasteiger charge is 2.38. The van der Waals surface area contributed by atoms with Crippen molar-refractivity contribution in [2.45, 2.75) is 12.8 Å². The third-order valence-electron chi connectivity index (χ3n) is 2.18. The van der Waals surface area contributed by atoms with Crippen LogP contribution in [0.2, 0.25) is 0 Å². The number of nitrogens with zero attached hydrogens (tertiary/aromatic N) is 1. The fourth-order valence-electron chi connectivity index (χ4n) is 1.42. The highest BCUT2D eigenvalue weighted by Crippen LogP contribution is 2.40. The molecule has 0 fully saturated rings. The van der Waals surface area contributed by atoms with Crippen LogP contribution < -0.4 is 4.74 Å². The number of benzene rings is 1. The number of halogens is 5. The molecule has 0 aliphatic heterocycles. The molecule has 0 aliphatic rings. The Morgan fingerprint density at radius 1 is 1.35 bits per heavy atom. The minimum Gasteiger partial charge on any atom is -0.465 e. The molecule has 1 aromatic rings. The second kappa shape index (κ2) is 5.73. The average Bonchev–Trinajstić information content (AvgIpc) is 2.35. The number of ether oxygens (including phenoxy) is 2. The fourth-order valence-corrected chi connectivity index (χ4v) is 1.42. The number of alkyl halides is 5. The third-order valence-corrected chi connectivity index (χ3v) is 2.18. The molecule has 0 saturated carbocycles. The Morgan fingerprint density at radius 2 is 1.95 bits per heavy atom. The molecule has 0 heterocycles. The Bertz CT molecular complexity index is 562. The number of hydrogen-bond donors (Lipinski definition) is 0. The molecule has 0 spiro atoms. The van der Waals surface area contributed by atoms with Gasteiger partial charge in [0.1, 0.15) is 11.6 Å². The Kier molecular flexibility index (Phi) is 4.49. The summed E-state index contributed by atoms with van der Waals surface area (Å²) in [7, 11) is 0.829. The molecule has 20 heavy (non-hydrogen) atoms. The van der Waals surface area contributed by atoms with E-state index in [0.29, 0.717) is 12.1 Å². The van der Waals surface area contributed by atoms with E-state index >= 15 is 0 Å². The van der Waals surface area contributed by atoms with Crippen LogP contribution in [-0.2, 0) is 10.9 Å². The van der Waals surface area contributed by atoms with E-state index in [-0.39, 0.29) is 0 Å². The highest BCUT2D eigenvalue weighted by atomic mass is 19.4. The highest BCUT2D eigenvalue weighted by molar-refractivity contribution is 5.95. The number of carbonyl (C=O) groups is 1. The lowest BCUT2D eigenvalue weighted by atomic mass is 10.0. The fraction of sp³-hybridized carbons (Fsp3) is 0.273. The van der Waals surface area contributed by atoms with Gasteiger partial charge in [-0.05, 0) is 12.1 Å². The maximum Gasteiger partial charge on any atom is 0.419 e. The van der Waals surface area contributed by atoms with Crippen molar-refractivity contribution in [2.24, 2.45) is 0 Å². The molecule has 9 heteroatoms. The standard InChI is InChI=1S/C11H6F5NO3/c1-19-9(18)7-5(4-17)2-3-6(11(14,15)16)8(7)20-10(12)13/h2-3,10H,1H3. The monoisotopic (exact) mass is 295 g/mol. The Labute approximate surface area is 109 Å². The lowest BCUT2D eigenvalue weighted by molar-refractivity contribution is -0.141. The molecule has 0 saturated heterocycles. The predicted molar refractivity (Wildman–Crippen MR) is 54.1 cm³/mol. The van der Waals surface area contributed by atoms with Crippen LogP contribution in [-0.4, -0.2) is 19.7 Å². The maximum absolute atomic E-state index is 12.7. The van der Waals surface area contributed by atoms with Crippen LogP contribution in [0.15, 0.2) is 12.1 Å². The zero-order valence-corrected chi connectivity index (χ0v) is 9.79. The number of carbonyl (C=O) groups excluding carboxylic acids is 1. The van der Waals surface area contributed by atoms with Crippen LogP contribution in [0.3, 0.4) is 0 Å². The van der Waals surface area contributed by atoms with Gasteiger partial charge in [-0.25, -0.2) is 4.79 Å². The van der Waals surface area contributed by atoms with Crippen molar-refractivity contribution in [2.75, 3.05) is 7.11 Å². The molecule has 0 atom stereocenters. The van der Waals surface area contributed by atoms with E-state index in [1.165, 1.54) is 6.07 Å². The topological polar surface area (TPSA) is 59.3 Å². The third kappa shape index (κ3) is 3.14. The molecule has 1 rings (SSSR count). The van der Waals surface area contributed by atoms with Gasteiger partial charge >= 0.3 is 18.8 Å². The summed E-state index contributed by atoms with van der Waals surface area (Å²) in [5.41, 5.74) is -3.16. The van der Waals surface area contributed by atoms with Gasteiger partial charge in [-0.15, -0.1) is 0 Å². The summed E-state index contributed by atoms with van der Waals surface area (Å²) in [6, 6.07) is 2.46. The first-order valence-electron chi connectivity index (χ1n) is 4.89. The first kappa shape index (κ1) is 15.7. The Balaban J connectivity index is 3.66. The van der Waals surface area contributed by atoms with Crippen LogP contribution >= 0.6 is 0 Å². The van der Waals surface area contributed by atoms with E-state index in [1.54, 1.807) is 0 Å². The van der Waals surface area contributed by atoms with Gasteiger partial charge in [0.2, 0.25) is 0 Å². The van der Waals surface area contributed by atoms with Gasteiger partial charge in [0.15, 0.2) is 5.75 Å². The predicted octanol–water partition coefficient (Wildman–Crippen LogP) is 2.97. The van der Waals surface area contributed by atoms with Crippen molar-refractivity contribution in [3.05, 3.63) is 28.8 Å². The maximum atomic E-state index is 12.7. The van der Waals surface area contributed by atoms with Crippen molar-refractivity contribution in [3.63, 3.8) is 0 Å². The lowest BCUT2D eigenvalue weighted by Crippen LogP contribution is -2.17. The van der Waals surface area contributed by atoms with Gasteiger partial charge in [0.05, 0.1) is 18.2 Å². The summed E-state index contributed by atoms with van der Waals surface area (Å²) < 4.78 is 70.6. The minimum absolute atomic E-state index is 0.378. The van der Waals surface area contributed by atoms with E-state index in [0.717, 1.165) is 7.11 Å².